The van der Waals surface area contributed by atoms with Gasteiger partial charge in [0.25, 0.3) is 5.91 Å². The van der Waals surface area contributed by atoms with E-state index in [9.17, 15) is 9.59 Å². The van der Waals surface area contributed by atoms with Crippen LogP contribution >= 0.6 is 12.4 Å². The summed E-state index contributed by atoms with van der Waals surface area (Å²) in [5.74, 6) is -0.351. The van der Waals surface area contributed by atoms with Crippen LogP contribution in [0.15, 0.2) is 42.5 Å². The molecule has 0 atom stereocenters. The number of carbonyl (C=O) groups is 2. The summed E-state index contributed by atoms with van der Waals surface area (Å²) in [6.07, 6.45) is 0. The maximum atomic E-state index is 12.8. The highest BCUT2D eigenvalue weighted by atomic mass is 35.5. The molecule has 2 aromatic carbocycles. The molecule has 2 aromatic rings. The molecule has 0 aromatic heterocycles. The van der Waals surface area contributed by atoms with Crippen LogP contribution in [0.5, 0.6) is 0 Å². The topological polar surface area (TPSA) is 58.2 Å². The highest BCUT2D eigenvalue weighted by Gasteiger charge is 2.18. The lowest BCUT2D eigenvalue weighted by atomic mass is 9.95. The van der Waals surface area contributed by atoms with Gasteiger partial charge >= 0.3 is 0 Å². The molecule has 0 saturated carbocycles. The van der Waals surface area contributed by atoms with Crippen molar-refractivity contribution in [3.8, 4) is 0 Å². The quantitative estimate of drug-likeness (QED) is 0.588. The second-order valence-corrected chi connectivity index (χ2v) is 5.78. The predicted octanol–water partition coefficient (Wildman–Crippen LogP) is 3.30. The van der Waals surface area contributed by atoms with E-state index in [1.807, 2.05) is 39.0 Å². The Morgan fingerprint density at radius 3 is 2.24 bits per heavy atom. The van der Waals surface area contributed by atoms with Gasteiger partial charge in [0.2, 0.25) is 0 Å². The van der Waals surface area contributed by atoms with Crippen molar-refractivity contribution < 1.29 is 9.59 Å². The third-order valence-corrected chi connectivity index (χ3v) is 4.02. The van der Waals surface area contributed by atoms with E-state index < -0.39 is 0 Å². The van der Waals surface area contributed by atoms with Crippen LogP contribution in [0, 0.1) is 13.8 Å². The van der Waals surface area contributed by atoms with E-state index in [1.165, 1.54) is 0 Å². The Bertz CT molecular complexity index is 744. The molecule has 2 N–H and O–H groups in total. The van der Waals surface area contributed by atoms with Gasteiger partial charge in [0.15, 0.2) is 5.78 Å². The van der Waals surface area contributed by atoms with Crippen LogP contribution < -0.4 is 10.6 Å². The minimum Gasteiger partial charge on any atom is -0.351 e. The summed E-state index contributed by atoms with van der Waals surface area (Å²) in [4.78, 5) is 25.2. The number of aryl methyl sites for hydroxylation is 2. The van der Waals surface area contributed by atoms with Crippen molar-refractivity contribution >= 4 is 24.1 Å². The zero-order valence-corrected chi connectivity index (χ0v) is 15.7. The van der Waals surface area contributed by atoms with Crippen molar-refractivity contribution in [1.82, 2.24) is 10.6 Å². The van der Waals surface area contributed by atoms with Gasteiger partial charge in [-0.05, 0) is 43.7 Å². The van der Waals surface area contributed by atoms with Crippen LogP contribution in [0.4, 0.5) is 0 Å². The fourth-order valence-corrected chi connectivity index (χ4v) is 2.45. The SMILES string of the molecule is CCNCCNC(=O)c1ccccc1C(=O)c1ccc(C)c(C)c1.Cl. The van der Waals surface area contributed by atoms with Crippen LogP contribution in [0.1, 0.15) is 44.3 Å². The number of ketones is 1. The molecule has 0 radical (unpaired) electrons. The first-order valence-corrected chi connectivity index (χ1v) is 8.24. The monoisotopic (exact) mass is 360 g/mol. The zero-order chi connectivity index (χ0) is 17.5. The minimum absolute atomic E-state index is 0. The van der Waals surface area contributed by atoms with Crippen molar-refractivity contribution in [2.75, 3.05) is 19.6 Å². The summed E-state index contributed by atoms with van der Waals surface area (Å²) >= 11 is 0. The van der Waals surface area contributed by atoms with Crippen LogP contribution in [0.3, 0.4) is 0 Å². The molecule has 0 aliphatic rings. The number of amides is 1. The Morgan fingerprint density at radius 1 is 0.920 bits per heavy atom. The fraction of sp³-hybridized carbons (Fsp3) is 0.300. The Kier molecular flexibility index (Phi) is 8.32. The Balaban J connectivity index is 0.00000312. The molecule has 2 rings (SSSR count). The van der Waals surface area contributed by atoms with Crippen LogP contribution in [-0.4, -0.2) is 31.3 Å². The van der Waals surface area contributed by atoms with Gasteiger partial charge in [-0.15, -0.1) is 12.4 Å². The molecule has 0 heterocycles. The van der Waals surface area contributed by atoms with E-state index in [1.54, 1.807) is 24.3 Å². The molecule has 0 aliphatic heterocycles. The fourth-order valence-electron chi connectivity index (χ4n) is 2.45. The Morgan fingerprint density at radius 2 is 1.60 bits per heavy atom. The molecule has 0 aliphatic carbocycles. The molecule has 1 amide bonds. The summed E-state index contributed by atoms with van der Waals surface area (Å²) in [5.41, 5.74) is 3.65. The Labute approximate surface area is 155 Å². The molecule has 25 heavy (non-hydrogen) atoms. The van der Waals surface area contributed by atoms with Crippen LogP contribution in [0.25, 0.3) is 0 Å². The maximum absolute atomic E-state index is 12.8. The summed E-state index contributed by atoms with van der Waals surface area (Å²) in [7, 11) is 0. The van der Waals surface area contributed by atoms with Crippen molar-refractivity contribution in [1.29, 1.82) is 0 Å². The average Bonchev–Trinajstić information content (AvgIpc) is 2.60. The second kappa shape index (κ2) is 9.97. The van der Waals surface area contributed by atoms with E-state index in [0.717, 1.165) is 17.7 Å². The lowest BCUT2D eigenvalue weighted by Crippen LogP contribution is -2.32. The van der Waals surface area contributed by atoms with Crippen molar-refractivity contribution in [2.45, 2.75) is 20.8 Å². The van der Waals surface area contributed by atoms with E-state index >= 15 is 0 Å². The smallest absolute Gasteiger partial charge is 0.252 e. The minimum atomic E-state index is -0.222. The molecule has 0 bridgehead atoms. The third kappa shape index (κ3) is 5.41. The summed E-state index contributed by atoms with van der Waals surface area (Å²) < 4.78 is 0. The molecular weight excluding hydrogens is 336 g/mol. The molecule has 134 valence electrons. The highest BCUT2D eigenvalue weighted by Crippen LogP contribution is 2.17. The van der Waals surface area contributed by atoms with Gasteiger partial charge in [0, 0.05) is 24.2 Å². The Hall–Kier alpha value is -2.17. The first-order chi connectivity index (χ1) is 11.5. The number of hydrogen-bond acceptors (Lipinski definition) is 3. The van der Waals surface area contributed by atoms with Gasteiger partial charge in [0.1, 0.15) is 0 Å². The highest BCUT2D eigenvalue weighted by molar-refractivity contribution is 6.15. The predicted molar refractivity (Wildman–Crippen MR) is 104 cm³/mol. The average molecular weight is 361 g/mol. The van der Waals surface area contributed by atoms with Gasteiger partial charge in [-0.3, -0.25) is 9.59 Å². The zero-order valence-electron chi connectivity index (χ0n) is 14.9. The number of carbonyl (C=O) groups excluding carboxylic acids is 2. The molecule has 0 fully saturated rings. The van der Waals surface area contributed by atoms with Gasteiger partial charge in [0.05, 0.1) is 5.56 Å². The number of likely N-dealkylation sites (N-methyl/N-ethyl adjacent to an activating group) is 1. The van der Waals surface area contributed by atoms with E-state index in [-0.39, 0.29) is 24.1 Å². The third-order valence-electron chi connectivity index (χ3n) is 4.02. The normalized spacial score (nSPS) is 10.0. The van der Waals surface area contributed by atoms with E-state index in [4.69, 9.17) is 0 Å². The summed E-state index contributed by atoms with van der Waals surface area (Å²) in [5, 5.41) is 6.00. The number of hydrogen-bond donors (Lipinski definition) is 2. The molecule has 0 spiro atoms. The van der Waals surface area contributed by atoms with E-state index in [2.05, 4.69) is 10.6 Å². The van der Waals surface area contributed by atoms with Crippen molar-refractivity contribution in [2.24, 2.45) is 0 Å². The second-order valence-electron chi connectivity index (χ2n) is 5.78. The van der Waals surface area contributed by atoms with Crippen molar-refractivity contribution in [3.05, 3.63) is 70.3 Å². The lowest BCUT2D eigenvalue weighted by molar-refractivity contribution is 0.0942. The largest absolute Gasteiger partial charge is 0.351 e. The summed E-state index contributed by atoms with van der Waals surface area (Å²) in [6.45, 7) is 8.09. The first kappa shape index (κ1) is 20.9. The van der Waals surface area contributed by atoms with E-state index in [0.29, 0.717) is 29.8 Å². The molecule has 0 unspecified atom stereocenters. The van der Waals surface area contributed by atoms with Crippen molar-refractivity contribution in [3.63, 3.8) is 0 Å². The van der Waals surface area contributed by atoms with Gasteiger partial charge in [-0.1, -0.05) is 37.3 Å². The summed E-state index contributed by atoms with van der Waals surface area (Å²) in [6, 6.07) is 12.6. The molecule has 4 nitrogen and oxygen atoms in total. The molecular formula is C20H25ClN2O2. The van der Waals surface area contributed by atoms with Gasteiger partial charge < -0.3 is 10.6 Å². The first-order valence-electron chi connectivity index (χ1n) is 8.24. The van der Waals surface area contributed by atoms with Gasteiger partial charge in [-0.25, -0.2) is 0 Å². The lowest BCUT2D eigenvalue weighted by Gasteiger charge is -2.11. The van der Waals surface area contributed by atoms with Crippen LogP contribution in [0.2, 0.25) is 0 Å². The molecule has 0 saturated heterocycles. The number of nitrogens with one attached hydrogen (secondary N) is 2. The van der Waals surface area contributed by atoms with Crippen LogP contribution in [-0.2, 0) is 0 Å². The number of halogens is 1. The van der Waals surface area contributed by atoms with Gasteiger partial charge in [-0.2, -0.15) is 0 Å². The number of rotatable bonds is 7. The maximum Gasteiger partial charge on any atom is 0.252 e. The standard InChI is InChI=1S/C20H24N2O2.ClH/c1-4-21-11-12-22-20(24)18-8-6-5-7-17(18)19(23)16-10-9-14(2)15(3)13-16;/h5-10,13,21H,4,11-12H2,1-3H3,(H,22,24);1H. The molecule has 5 heteroatoms. The number of benzene rings is 2.